The minimum atomic E-state index is -0.562. The zero-order chi connectivity index (χ0) is 21.0. The zero-order valence-electron chi connectivity index (χ0n) is 16.4. The Balaban J connectivity index is 1.83. The summed E-state index contributed by atoms with van der Waals surface area (Å²) < 4.78 is 5.82. The van der Waals surface area contributed by atoms with E-state index in [1.807, 2.05) is 32.0 Å². The second-order valence-electron chi connectivity index (χ2n) is 6.60. The van der Waals surface area contributed by atoms with Gasteiger partial charge < -0.3 is 10.1 Å². The van der Waals surface area contributed by atoms with Crippen LogP contribution in [-0.4, -0.2) is 28.8 Å². The smallest absolute Gasteiger partial charge is 0.339 e. The molecule has 2 aromatic carbocycles. The fraction of sp³-hybridized carbons (Fsp3) is 0.182. The molecule has 0 unspecified atom stereocenters. The van der Waals surface area contributed by atoms with Crippen molar-refractivity contribution < 1.29 is 14.3 Å². The number of amides is 1. The zero-order valence-corrected chi connectivity index (χ0v) is 16.4. The summed E-state index contributed by atoms with van der Waals surface area (Å²) in [7, 11) is 1.27. The van der Waals surface area contributed by atoms with E-state index in [4.69, 9.17) is 4.74 Å². The molecule has 0 aliphatic rings. The summed E-state index contributed by atoms with van der Waals surface area (Å²) in [6.07, 6.45) is 0. The second kappa shape index (κ2) is 8.52. The van der Waals surface area contributed by atoms with E-state index >= 15 is 0 Å². The van der Waals surface area contributed by atoms with Crippen molar-refractivity contribution in [2.24, 2.45) is 0 Å². The highest BCUT2D eigenvalue weighted by Crippen LogP contribution is 2.19. The molecule has 29 heavy (non-hydrogen) atoms. The quantitative estimate of drug-likeness (QED) is 0.676. The van der Waals surface area contributed by atoms with Crippen molar-refractivity contribution >= 4 is 17.6 Å². The van der Waals surface area contributed by atoms with Gasteiger partial charge in [0.1, 0.15) is 6.54 Å². The number of para-hydroxylation sites is 1. The molecule has 0 bridgehead atoms. The van der Waals surface area contributed by atoms with Crippen molar-refractivity contribution in [1.29, 1.82) is 0 Å². The summed E-state index contributed by atoms with van der Waals surface area (Å²) in [5.74, 6) is -1.04. The first-order valence-electron chi connectivity index (χ1n) is 9.02. The van der Waals surface area contributed by atoms with Gasteiger partial charge in [0.25, 0.3) is 5.56 Å². The monoisotopic (exact) mass is 391 g/mol. The second-order valence-corrected chi connectivity index (χ2v) is 6.60. The molecular formula is C22H21N3O4. The maximum atomic E-state index is 12.5. The maximum Gasteiger partial charge on any atom is 0.339 e. The number of esters is 1. The van der Waals surface area contributed by atoms with Gasteiger partial charge >= 0.3 is 5.97 Å². The first kappa shape index (κ1) is 20.0. The van der Waals surface area contributed by atoms with Crippen molar-refractivity contribution in [3.05, 3.63) is 81.6 Å². The highest BCUT2D eigenvalue weighted by atomic mass is 16.5. The summed E-state index contributed by atoms with van der Waals surface area (Å²) in [4.78, 5) is 36.5. The third kappa shape index (κ3) is 4.57. The number of nitrogens with zero attached hydrogens (tertiary/aromatic N) is 2. The molecule has 3 aromatic rings. The van der Waals surface area contributed by atoms with Crippen molar-refractivity contribution in [3.8, 4) is 11.3 Å². The van der Waals surface area contributed by atoms with Gasteiger partial charge in [-0.1, -0.05) is 24.3 Å². The number of aryl methyl sites for hydroxylation is 2. The highest BCUT2D eigenvalue weighted by molar-refractivity contribution is 6.01. The Morgan fingerprint density at radius 1 is 1.03 bits per heavy atom. The summed E-state index contributed by atoms with van der Waals surface area (Å²) in [5.41, 5.74) is 3.86. The molecule has 7 nitrogen and oxygen atoms in total. The fourth-order valence-corrected chi connectivity index (χ4v) is 2.82. The molecule has 0 radical (unpaired) electrons. The Morgan fingerprint density at radius 3 is 2.52 bits per heavy atom. The lowest BCUT2D eigenvalue weighted by Crippen LogP contribution is -2.29. The van der Waals surface area contributed by atoms with Crippen LogP contribution in [0.2, 0.25) is 0 Å². The average molecular weight is 391 g/mol. The summed E-state index contributed by atoms with van der Waals surface area (Å²) in [6.45, 7) is 3.73. The molecule has 0 aliphatic carbocycles. The van der Waals surface area contributed by atoms with Crippen LogP contribution in [-0.2, 0) is 16.1 Å². The Morgan fingerprint density at radius 2 is 1.79 bits per heavy atom. The van der Waals surface area contributed by atoms with E-state index in [0.29, 0.717) is 11.4 Å². The Kier molecular flexibility index (Phi) is 5.87. The number of ether oxygens (including phenoxy) is 1. The number of carbonyl (C=O) groups excluding carboxylic acids is 2. The SMILES string of the molecule is COC(=O)c1ccccc1NC(=O)Cn1nc(-c2ccc(C)c(C)c2)ccc1=O. The number of hydrogen-bond donors (Lipinski definition) is 1. The van der Waals surface area contributed by atoms with E-state index in [2.05, 4.69) is 10.4 Å². The van der Waals surface area contributed by atoms with Gasteiger partial charge in [0, 0.05) is 11.6 Å². The normalized spacial score (nSPS) is 10.4. The van der Waals surface area contributed by atoms with Gasteiger partial charge in [0.2, 0.25) is 5.91 Å². The van der Waals surface area contributed by atoms with Crippen molar-refractivity contribution in [2.45, 2.75) is 20.4 Å². The van der Waals surface area contributed by atoms with E-state index in [9.17, 15) is 14.4 Å². The van der Waals surface area contributed by atoms with Crippen LogP contribution in [0.25, 0.3) is 11.3 Å². The molecule has 7 heteroatoms. The molecule has 0 saturated carbocycles. The highest BCUT2D eigenvalue weighted by Gasteiger charge is 2.14. The molecular weight excluding hydrogens is 370 g/mol. The average Bonchev–Trinajstić information content (AvgIpc) is 2.71. The molecule has 0 aliphatic heterocycles. The molecule has 3 rings (SSSR count). The first-order valence-corrected chi connectivity index (χ1v) is 9.02. The number of carbonyl (C=O) groups is 2. The van der Waals surface area contributed by atoms with Gasteiger partial charge in [-0.05, 0) is 49.2 Å². The van der Waals surface area contributed by atoms with E-state index in [1.165, 1.54) is 13.2 Å². The van der Waals surface area contributed by atoms with E-state index in [-0.39, 0.29) is 12.1 Å². The maximum absolute atomic E-state index is 12.5. The first-order chi connectivity index (χ1) is 13.9. The topological polar surface area (TPSA) is 90.3 Å². The van der Waals surface area contributed by atoms with Crippen LogP contribution in [0, 0.1) is 13.8 Å². The van der Waals surface area contributed by atoms with Crippen molar-refractivity contribution in [3.63, 3.8) is 0 Å². The molecule has 148 valence electrons. The molecule has 1 aromatic heterocycles. The number of hydrogen-bond acceptors (Lipinski definition) is 5. The Labute approximate surface area is 168 Å². The van der Waals surface area contributed by atoms with Crippen molar-refractivity contribution in [1.82, 2.24) is 9.78 Å². The van der Waals surface area contributed by atoms with E-state index in [1.54, 1.807) is 30.3 Å². The number of methoxy groups -OCH3 is 1. The lowest BCUT2D eigenvalue weighted by atomic mass is 10.0. The third-order valence-electron chi connectivity index (χ3n) is 4.57. The third-order valence-corrected chi connectivity index (χ3v) is 4.57. The van der Waals surface area contributed by atoms with Gasteiger partial charge in [-0.2, -0.15) is 5.10 Å². The number of nitrogens with one attached hydrogen (secondary N) is 1. The summed E-state index contributed by atoms with van der Waals surface area (Å²) in [6, 6.07) is 15.4. The van der Waals surface area contributed by atoms with Gasteiger partial charge in [-0.3, -0.25) is 9.59 Å². The van der Waals surface area contributed by atoms with Crippen LogP contribution < -0.4 is 10.9 Å². The van der Waals surface area contributed by atoms with Crippen molar-refractivity contribution in [2.75, 3.05) is 12.4 Å². The lowest BCUT2D eigenvalue weighted by molar-refractivity contribution is -0.117. The van der Waals surface area contributed by atoms with Crippen LogP contribution in [0.4, 0.5) is 5.69 Å². The van der Waals surface area contributed by atoms with Crippen LogP contribution in [0.1, 0.15) is 21.5 Å². The van der Waals surface area contributed by atoms with Crippen LogP contribution >= 0.6 is 0 Å². The van der Waals surface area contributed by atoms with E-state index in [0.717, 1.165) is 21.4 Å². The van der Waals surface area contributed by atoms with Gasteiger partial charge in [0.15, 0.2) is 0 Å². The molecule has 0 saturated heterocycles. The Hall–Kier alpha value is -3.74. The molecule has 0 fully saturated rings. The van der Waals surface area contributed by atoms with Gasteiger partial charge in [-0.15, -0.1) is 0 Å². The van der Waals surface area contributed by atoms with Crippen LogP contribution in [0.3, 0.4) is 0 Å². The number of rotatable bonds is 5. The van der Waals surface area contributed by atoms with E-state index < -0.39 is 17.4 Å². The lowest BCUT2D eigenvalue weighted by Gasteiger charge is -2.11. The Bertz CT molecular complexity index is 1130. The van der Waals surface area contributed by atoms with Crippen LogP contribution in [0.5, 0.6) is 0 Å². The minimum absolute atomic E-state index is 0.229. The summed E-state index contributed by atoms with van der Waals surface area (Å²) in [5, 5.41) is 6.96. The van der Waals surface area contributed by atoms with Crippen LogP contribution in [0.15, 0.2) is 59.4 Å². The number of benzene rings is 2. The fourth-order valence-electron chi connectivity index (χ4n) is 2.82. The summed E-state index contributed by atoms with van der Waals surface area (Å²) >= 11 is 0. The number of aromatic nitrogens is 2. The molecule has 1 heterocycles. The van der Waals surface area contributed by atoms with Gasteiger partial charge in [-0.25, -0.2) is 9.48 Å². The number of anilines is 1. The minimum Gasteiger partial charge on any atom is -0.465 e. The molecule has 0 atom stereocenters. The standard InChI is InChI=1S/C22H21N3O4/c1-14-8-9-16(12-15(14)2)18-10-11-21(27)25(24-18)13-20(26)23-19-7-5-4-6-17(19)22(28)29-3/h4-12H,13H2,1-3H3,(H,23,26). The largest absolute Gasteiger partial charge is 0.465 e. The predicted molar refractivity (Wildman–Crippen MR) is 110 cm³/mol. The molecule has 1 N–H and O–H groups in total. The molecule has 0 spiro atoms. The van der Waals surface area contributed by atoms with Gasteiger partial charge in [0.05, 0.1) is 24.1 Å². The molecule has 1 amide bonds. The predicted octanol–water partition coefficient (Wildman–Crippen LogP) is 2.95.